The van der Waals surface area contributed by atoms with E-state index in [4.69, 9.17) is 0 Å². The van der Waals surface area contributed by atoms with E-state index in [0.29, 0.717) is 0 Å². The summed E-state index contributed by atoms with van der Waals surface area (Å²) in [4.78, 5) is 0. The molecule has 1 N–H and O–H groups in total. The van der Waals surface area contributed by atoms with Gasteiger partial charge in [-0.25, -0.2) is 0 Å². The quantitative estimate of drug-likeness (QED) is 0.658. The zero-order valence-electron chi connectivity index (χ0n) is 8.06. The molecular weight excluding hydrogens is 134 g/mol. The largest absolute Gasteiger partial charge is 0.311 e. The minimum absolute atomic E-state index is 0.722. The normalized spacial score (nSPS) is 21.8. The van der Waals surface area contributed by atoms with Crippen molar-refractivity contribution < 1.29 is 0 Å². The molecule has 0 spiro atoms. The van der Waals surface area contributed by atoms with E-state index in [1.807, 2.05) is 0 Å². The first kappa shape index (κ1) is 9.05. The number of rotatable bonds is 4. The van der Waals surface area contributed by atoms with E-state index in [1.165, 1.54) is 25.7 Å². The Morgan fingerprint density at radius 1 is 1.27 bits per heavy atom. The van der Waals surface area contributed by atoms with Crippen LogP contribution in [-0.4, -0.2) is 12.1 Å². The van der Waals surface area contributed by atoms with Crippen LogP contribution in [-0.2, 0) is 0 Å². The van der Waals surface area contributed by atoms with E-state index in [2.05, 4.69) is 26.1 Å². The van der Waals surface area contributed by atoms with Crippen LogP contribution in [0.5, 0.6) is 0 Å². The van der Waals surface area contributed by atoms with Gasteiger partial charge in [0.15, 0.2) is 0 Å². The van der Waals surface area contributed by atoms with E-state index in [1.54, 1.807) is 0 Å². The third-order valence-corrected chi connectivity index (χ3v) is 2.45. The smallest absolute Gasteiger partial charge is 0.00695 e. The van der Waals surface area contributed by atoms with Gasteiger partial charge in [0.1, 0.15) is 0 Å². The molecule has 1 unspecified atom stereocenters. The van der Waals surface area contributed by atoms with E-state index < -0.39 is 0 Å². The van der Waals surface area contributed by atoms with Crippen LogP contribution in [0.25, 0.3) is 0 Å². The molecule has 0 amide bonds. The second kappa shape index (κ2) is 4.10. The first-order chi connectivity index (χ1) is 5.18. The Balaban J connectivity index is 2.04. The SMILES string of the molecule is CC(C)CC(C)NC1CCC1. The van der Waals surface area contributed by atoms with Crippen molar-refractivity contribution >= 4 is 0 Å². The first-order valence-electron chi connectivity index (χ1n) is 4.94. The molecule has 0 radical (unpaired) electrons. The van der Waals surface area contributed by atoms with Crippen LogP contribution in [0.2, 0.25) is 0 Å². The third-order valence-electron chi connectivity index (χ3n) is 2.45. The summed E-state index contributed by atoms with van der Waals surface area (Å²) in [6.07, 6.45) is 5.56. The fourth-order valence-corrected chi connectivity index (χ4v) is 1.75. The molecule has 1 aliphatic rings. The summed E-state index contributed by atoms with van der Waals surface area (Å²) in [6, 6.07) is 1.57. The van der Waals surface area contributed by atoms with Crippen molar-refractivity contribution in [3.63, 3.8) is 0 Å². The second-order valence-electron chi connectivity index (χ2n) is 4.33. The maximum Gasteiger partial charge on any atom is 0.00695 e. The molecule has 0 aliphatic heterocycles. The standard InChI is InChI=1S/C10H21N/c1-8(2)7-9(3)11-10-5-4-6-10/h8-11H,4-7H2,1-3H3. The van der Waals surface area contributed by atoms with Gasteiger partial charge in [0, 0.05) is 12.1 Å². The van der Waals surface area contributed by atoms with Crippen LogP contribution >= 0.6 is 0 Å². The Morgan fingerprint density at radius 2 is 1.91 bits per heavy atom. The first-order valence-corrected chi connectivity index (χ1v) is 4.94. The molecule has 0 saturated heterocycles. The highest BCUT2D eigenvalue weighted by Gasteiger charge is 2.18. The lowest BCUT2D eigenvalue weighted by molar-refractivity contribution is 0.292. The highest BCUT2D eigenvalue weighted by atomic mass is 15.0. The van der Waals surface area contributed by atoms with Crippen LogP contribution in [0, 0.1) is 5.92 Å². The molecule has 0 heterocycles. The van der Waals surface area contributed by atoms with Gasteiger partial charge in [0.05, 0.1) is 0 Å². The molecule has 66 valence electrons. The molecule has 0 aromatic rings. The van der Waals surface area contributed by atoms with Gasteiger partial charge in [-0.05, 0) is 32.1 Å². The minimum atomic E-state index is 0.722. The van der Waals surface area contributed by atoms with E-state index in [-0.39, 0.29) is 0 Å². The molecule has 1 rings (SSSR count). The van der Waals surface area contributed by atoms with Gasteiger partial charge in [-0.1, -0.05) is 20.3 Å². The van der Waals surface area contributed by atoms with Gasteiger partial charge in [0.25, 0.3) is 0 Å². The fourth-order valence-electron chi connectivity index (χ4n) is 1.75. The summed E-state index contributed by atoms with van der Waals surface area (Å²) in [5, 5.41) is 3.65. The summed E-state index contributed by atoms with van der Waals surface area (Å²) in [5.41, 5.74) is 0. The number of hydrogen-bond donors (Lipinski definition) is 1. The van der Waals surface area contributed by atoms with Crippen molar-refractivity contribution in [1.29, 1.82) is 0 Å². The third kappa shape index (κ3) is 3.24. The Labute approximate surface area is 70.6 Å². The van der Waals surface area contributed by atoms with E-state index in [0.717, 1.165) is 18.0 Å². The molecular formula is C10H21N. The topological polar surface area (TPSA) is 12.0 Å². The molecule has 1 saturated carbocycles. The van der Waals surface area contributed by atoms with Gasteiger partial charge >= 0.3 is 0 Å². The van der Waals surface area contributed by atoms with Crippen LogP contribution in [0.1, 0.15) is 46.5 Å². The molecule has 1 aliphatic carbocycles. The summed E-state index contributed by atoms with van der Waals surface area (Å²) >= 11 is 0. The highest BCUT2D eigenvalue weighted by molar-refractivity contribution is 4.79. The lowest BCUT2D eigenvalue weighted by Crippen LogP contribution is -2.41. The summed E-state index contributed by atoms with van der Waals surface area (Å²) < 4.78 is 0. The predicted octanol–water partition coefficient (Wildman–Crippen LogP) is 2.56. The Bertz CT molecular complexity index is 105. The van der Waals surface area contributed by atoms with Gasteiger partial charge < -0.3 is 5.32 Å². The molecule has 11 heavy (non-hydrogen) atoms. The van der Waals surface area contributed by atoms with Gasteiger partial charge in [-0.15, -0.1) is 0 Å². The molecule has 1 fully saturated rings. The monoisotopic (exact) mass is 155 g/mol. The van der Waals surface area contributed by atoms with Crippen LogP contribution in [0.3, 0.4) is 0 Å². The van der Waals surface area contributed by atoms with Crippen molar-refractivity contribution in [2.45, 2.75) is 58.5 Å². The van der Waals surface area contributed by atoms with Crippen LogP contribution in [0.4, 0.5) is 0 Å². The zero-order valence-corrected chi connectivity index (χ0v) is 8.06. The summed E-state index contributed by atoms with van der Waals surface area (Å²) in [5.74, 6) is 0.831. The molecule has 1 atom stereocenters. The minimum Gasteiger partial charge on any atom is -0.311 e. The maximum atomic E-state index is 3.65. The molecule has 1 heteroatoms. The lowest BCUT2D eigenvalue weighted by atomic mass is 9.91. The van der Waals surface area contributed by atoms with Crippen molar-refractivity contribution in [3.8, 4) is 0 Å². The van der Waals surface area contributed by atoms with Crippen LogP contribution in [0.15, 0.2) is 0 Å². The highest BCUT2D eigenvalue weighted by Crippen LogP contribution is 2.19. The van der Waals surface area contributed by atoms with Gasteiger partial charge in [-0.2, -0.15) is 0 Å². The zero-order chi connectivity index (χ0) is 8.27. The van der Waals surface area contributed by atoms with Gasteiger partial charge in [-0.3, -0.25) is 0 Å². The van der Waals surface area contributed by atoms with E-state index in [9.17, 15) is 0 Å². The summed E-state index contributed by atoms with van der Waals surface area (Å²) in [7, 11) is 0. The van der Waals surface area contributed by atoms with Crippen molar-refractivity contribution in [2.75, 3.05) is 0 Å². The molecule has 1 nitrogen and oxygen atoms in total. The van der Waals surface area contributed by atoms with Crippen molar-refractivity contribution in [2.24, 2.45) is 5.92 Å². The maximum absolute atomic E-state index is 3.65. The average Bonchev–Trinajstić information content (AvgIpc) is 1.77. The molecule has 0 aromatic carbocycles. The molecule has 0 aromatic heterocycles. The second-order valence-corrected chi connectivity index (χ2v) is 4.33. The average molecular weight is 155 g/mol. The van der Waals surface area contributed by atoms with E-state index >= 15 is 0 Å². The van der Waals surface area contributed by atoms with Crippen LogP contribution < -0.4 is 5.32 Å². The Morgan fingerprint density at radius 3 is 2.27 bits per heavy atom. The molecule has 0 bridgehead atoms. The van der Waals surface area contributed by atoms with Crippen molar-refractivity contribution in [1.82, 2.24) is 5.32 Å². The van der Waals surface area contributed by atoms with Gasteiger partial charge in [0.2, 0.25) is 0 Å². The lowest BCUT2D eigenvalue weighted by Gasteiger charge is -2.30. The number of nitrogens with one attached hydrogen (secondary N) is 1. The van der Waals surface area contributed by atoms with Crippen molar-refractivity contribution in [3.05, 3.63) is 0 Å². The predicted molar refractivity (Wildman–Crippen MR) is 49.7 cm³/mol. The summed E-state index contributed by atoms with van der Waals surface area (Å²) in [6.45, 7) is 6.89. The number of hydrogen-bond acceptors (Lipinski definition) is 1. The Hall–Kier alpha value is -0.0400. The fraction of sp³-hybridized carbons (Fsp3) is 1.00. The Kier molecular flexibility index (Phi) is 3.38.